The normalized spacial score (nSPS) is 15.2. The minimum Gasteiger partial charge on any atom is -0.326 e. The van der Waals surface area contributed by atoms with Gasteiger partial charge in [0.05, 0.1) is 4.91 Å². The first-order valence-corrected chi connectivity index (χ1v) is 11.6. The molecule has 3 aromatic carbocycles. The van der Waals surface area contributed by atoms with Gasteiger partial charge in [0, 0.05) is 18.7 Å². The summed E-state index contributed by atoms with van der Waals surface area (Å²) in [5.74, 6) is -0.181. The van der Waals surface area contributed by atoms with Crippen molar-refractivity contribution < 1.29 is 9.59 Å². The molecule has 0 aliphatic carbocycles. The fourth-order valence-corrected chi connectivity index (χ4v) is 4.67. The Balaban J connectivity index is 1.28. The maximum atomic E-state index is 12.7. The zero-order valence-electron chi connectivity index (χ0n) is 17.4. The number of carbonyl (C=O) groups is 2. The van der Waals surface area contributed by atoms with E-state index in [1.807, 2.05) is 84.9 Å². The van der Waals surface area contributed by atoms with Gasteiger partial charge >= 0.3 is 0 Å². The number of hydrogen-bond donors (Lipinski definition) is 1. The van der Waals surface area contributed by atoms with E-state index in [9.17, 15) is 9.59 Å². The monoisotopic (exact) mass is 458 g/mol. The number of thiocarbonyl (C=S) groups is 1. The lowest BCUT2D eigenvalue weighted by Crippen LogP contribution is -2.29. The minimum atomic E-state index is -0.104. The molecular weight excluding hydrogens is 436 g/mol. The number of nitrogens with zero attached hydrogens (tertiary/aromatic N) is 1. The summed E-state index contributed by atoms with van der Waals surface area (Å²) in [6.07, 6.45) is 6.46. The summed E-state index contributed by atoms with van der Waals surface area (Å²) in [6.45, 7) is 0.426. The molecular formula is C26H22N2O2S2. The summed E-state index contributed by atoms with van der Waals surface area (Å²) in [4.78, 5) is 27.2. The molecule has 1 N–H and O–H groups in total. The van der Waals surface area contributed by atoms with Crippen molar-refractivity contribution in [1.29, 1.82) is 0 Å². The van der Waals surface area contributed by atoms with Gasteiger partial charge in [0.15, 0.2) is 0 Å². The molecule has 3 aromatic rings. The highest BCUT2D eigenvalue weighted by molar-refractivity contribution is 8.26. The van der Waals surface area contributed by atoms with E-state index in [0.29, 0.717) is 28.6 Å². The zero-order valence-corrected chi connectivity index (χ0v) is 19.0. The molecule has 1 aliphatic rings. The van der Waals surface area contributed by atoms with Gasteiger partial charge in [-0.25, -0.2) is 0 Å². The number of nitrogens with one attached hydrogen (secondary N) is 1. The van der Waals surface area contributed by atoms with Crippen LogP contribution in [0.25, 0.3) is 16.8 Å². The van der Waals surface area contributed by atoms with Crippen LogP contribution in [0.4, 0.5) is 5.69 Å². The van der Waals surface area contributed by atoms with Crippen LogP contribution in [0, 0.1) is 0 Å². The lowest BCUT2D eigenvalue weighted by Gasteiger charge is -2.14. The van der Waals surface area contributed by atoms with Crippen LogP contribution in [0.3, 0.4) is 0 Å². The van der Waals surface area contributed by atoms with Crippen molar-refractivity contribution in [3.05, 3.63) is 95.4 Å². The molecule has 0 radical (unpaired) electrons. The number of amides is 2. The van der Waals surface area contributed by atoms with E-state index >= 15 is 0 Å². The van der Waals surface area contributed by atoms with Crippen LogP contribution in [0.5, 0.6) is 0 Å². The van der Waals surface area contributed by atoms with Crippen molar-refractivity contribution in [3.8, 4) is 0 Å². The Morgan fingerprint density at radius 1 is 1.00 bits per heavy atom. The number of hydrogen-bond acceptors (Lipinski definition) is 4. The molecule has 1 saturated heterocycles. The van der Waals surface area contributed by atoms with Crippen LogP contribution < -0.4 is 5.32 Å². The quantitative estimate of drug-likeness (QED) is 0.348. The van der Waals surface area contributed by atoms with Gasteiger partial charge in [-0.3, -0.25) is 14.5 Å². The van der Waals surface area contributed by atoms with Gasteiger partial charge in [0.25, 0.3) is 5.91 Å². The van der Waals surface area contributed by atoms with E-state index < -0.39 is 0 Å². The van der Waals surface area contributed by atoms with Gasteiger partial charge in [0.2, 0.25) is 5.91 Å². The highest BCUT2D eigenvalue weighted by Crippen LogP contribution is 2.31. The Kier molecular flexibility index (Phi) is 7.14. The third-order valence-corrected chi connectivity index (χ3v) is 6.42. The Morgan fingerprint density at radius 3 is 2.56 bits per heavy atom. The third-order valence-electron chi connectivity index (χ3n) is 5.03. The summed E-state index contributed by atoms with van der Waals surface area (Å²) < 4.78 is 0.532. The van der Waals surface area contributed by atoms with E-state index in [1.54, 1.807) is 11.0 Å². The zero-order chi connectivity index (χ0) is 22.3. The molecule has 0 spiro atoms. The van der Waals surface area contributed by atoms with E-state index in [4.69, 9.17) is 12.2 Å². The maximum Gasteiger partial charge on any atom is 0.266 e. The number of rotatable bonds is 7. The second-order valence-electron chi connectivity index (χ2n) is 7.34. The first-order valence-electron chi connectivity index (χ1n) is 10.4. The number of carbonyl (C=O) groups excluding carboxylic acids is 2. The Labute approximate surface area is 197 Å². The third kappa shape index (κ3) is 5.52. The number of thioether (sulfide) groups is 1. The summed E-state index contributed by atoms with van der Waals surface area (Å²) in [5.41, 5.74) is 1.84. The molecule has 0 saturated carbocycles. The summed E-state index contributed by atoms with van der Waals surface area (Å²) >= 11 is 6.67. The van der Waals surface area contributed by atoms with Crippen LogP contribution in [0.1, 0.15) is 18.4 Å². The lowest BCUT2D eigenvalue weighted by atomic mass is 10.1. The van der Waals surface area contributed by atoms with Gasteiger partial charge in [-0.1, -0.05) is 96.8 Å². The van der Waals surface area contributed by atoms with Crippen LogP contribution in [0.15, 0.2) is 89.9 Å². The molecule has 1 fully saturated rings. The Hall–Kier alpha value is -3.22. The van der Waals surface area contributed by atoms with E-state index in [-0.39, 0.29) is 11.8 Å². The van der Waals surface area contributed by atoms with E-state index in [0.717, 1.165) is 22.0 Å². The highest BCUT2D eigenvalue weighted by atomic mass is 32.2. The van der Waals surface area contributed by atoms with Crippen LogP contribution >= 0.6 is 24.0 Å². The van der Waals surface area contributed by atoms with Crippen molar-refractivity contribution in [1.82, 2.24) is 4.90 Å². The fourth-order valence-electron chi connectivity index (χ4n) is 3.41. The van der Waals surface area contributed by atoms with E-state index in [1.165, 1.54) is 11.8 Å². The topological polar surface area (TPSA) is 49.4 Å². The van der Waals surface area contributed by atoms with Gasteiger partial charge in [-0.2, -0.15) is 0 Å². The largest absolute Gasteiger partial charge is 0.326 e. The van der Waals surface area contributed by atoms with Gasteiger partial charge in [-0.15, -0.1) is 0 Å². The molecule has 1 aliphatic heterocycles. The molecule has 4 rings (SSSR count). The second kappa shape index (κ2) is 10.4. The molecule has 0 bridgehead atoms. The van der Waals surface area contributed by atoms with Gasteiger partial charge < -0.3 is 5.32 Å². The molecule has 0 unspecified atom stereocenters. The Bertz CT molecular complexity index is 1220. The first-order chi connectivity index (χ1) is 15.6. The van der Waals surface area contributed by atoms with Gasteiger partial charge in [-0.05, 0) is 41.0 Å². The lowest BCUT2D eigenvalue weighted by molar-refractivity contribution is -0.122. The fraction of sp³-hybridized carbons (Fsp3) is 0.115. The molecule has 0 aromatic heterocycles. The second-order valence-corrected chi connectivity index (χ2v) is 9.01. The number of benzene rings is 3. The van der Waals surface area contributed by atoms with Crippen molar-refractivity contribution in [2.24, 2.45) is 0 Å². The average Bonchev–Trinajstić information content (AvgIpc) is 3.07. The van der Waals surface area contributed by atoms with Crippen LogP contribution in [-0.2, 0) is 9.59 Å². The maximum absolute atomic E-state index is 12.7. The summed E-state index contributed by atoms with van der Waals surface area (Å²) in [6, 6.07) is 23.8. The van der Waals surface area contributed by atoms with E-state index in [2.05, 4.69) is 5.32 Å². The summed E-state index contributed by atoms with van der Waals surface area (Å²) in [5, 5.41) is 5.14. The van der Waals surface area contributed by atoms with Crippen LogP contribution in [0.2, 0.25) is 0 Å². The predicted molar refractivity (Wildman–Crippen MR) is 137 cm³/mol. The SMILES string of the molecule is O=C(CCCN1C(=O)C(=CC=Cc2ccccc2)SC1=S)Nc1ccc2ccccc2c1. The average molecular weight is 459 g/mol. The minimum absolute atomic E-state index is 0.0768. The standard InChI is InChI=1S/C26H22N2O2S2/c29-24(27-22-16-15-20-11-4-5-12-21(20)18-22)14-7-17-28-25(30)23(32-26(28)31)13-6-10-19-8-2-1-3-9-19/h1-6,8-13,15-16,18H,7,14,17H2,(H,27,29). The molecule has 32 heavy (non-hydrogen) atoms. The van der Waals surface area contributed by atoms with Crippen molar-refractivity contribution in [3.63, 3.8) is 0 Å². The molecule has 2 amide bonds. The Morgan fingerprint density at radius 2 is 1.75 bits per heavy atom. The summed E-state index contributed by atoms with van der Waals surface area (Å²) in [7, 11) is 0. The molecule has 0 atom stereocenters. The van der Waals surface area contributed by atoms with Crippen molar-refractivity contribution in [2.45, 2.75) is 12.8 Å². The molecule has 160 valence electrons. The predicted octanol–water partition coefficient (Wildman–Crippen LogP) is 6.02. The van der Waals surface area contributed by atoms with Crippen molar-refractivity contribution >= 4 is 62.7 Å². The molecule has 1 heterocycles. The van der Waals surface area contributed by atoms with Gasteiger partial charge in [0.1, 0.15) is 4.32 Å². The number of anilines is 1. The number of fused-ring (bicyclic) bond motifs is 1. The van der Waals surface area contributed by atoms with Crippen LogP contribution in [-0.4, -0.2) is 27.6 Å². The number of allylic oxidation sites excluding steroid dienone is 2. The first kappa shape index (κ1) is 22.0. The van der Waals surface area contributed by atoms with Crippen molar-refractivity contribution in [2.75, 3.05) is 11.9 Å². The highest BCUT2D eigenvalue weighted by Gasteiger charge is 2.31. The smallest absolute Gasteiger partial charge is 0.266 e. The molecule has 4 nitrogen and oxygen atoms in total. The molecule has 6 heteroatoms.